The average molecular weight is 346 g/mol. The summed E-state index contributed by atoms with van der Waals surface area (Å²) in [6, 6.07) is 6.20. The predicted molar refractivity (Wildman–Crippen MR) is 78.6 cm³/mol. The smallest absolute Gasteiger partial charge is 0.417 e. The van der Waals surface area contributed by atoms with Crippen LogP contribution in [-0.2, 0) is 9.59 Å². The molecule has 2 atom stereocenters. The van der Waals surface area contributed by atoms with E-state index in [1.54, 1.807) is 12.1 Å². The molecule has 2 amide bonds. The van der Waals surface area contributed by atoms with Gasteiger partial charge in [0.05, 0.1) is 18.7 Å². The molecule has 1 aromatic rings. The number of carbonyl (C=O) groups is 2. The first kappa shape index (κ1) is 18.1. The Labute approximate surface area is 136 Å². The number of hydrogen-bond acceptors (Lipinski definition) is 4. The Bertz CT molecular complexity index is 646. The molecule has 9 heteroatoms. The molecule has 1 heterocycles. The third-order valence-corrected chi connectivity index (χ3v) is 3.72. The quantitative estimate of drug-likeness (QED) is 0.863. The molecule has 1 aliphatic rings. The van der Waals surface area contributed by atoms with Gasteiger partial charge in [-0.05, 0) is 19.1 Å². The summed E-state index contributed by atoms with van der Waals surface area (Å²) < 4.78 is 43.9. The number of halogens is 3. The number of alkyl halides is 3. The van der Waals surface area contributed by atoms with Gasteiger partial charge in [-0.1, -0.05) is 12.1 Å². The summed E-state index contributed by atoms with van der Waals surface area (Å²) in [5, 5.41) is 11.9. The van der Waals surface area contributed by atoms with Crippen LogP contribution in [0.4, 0.5) is 18.9 Å². The van der Waals surface area contributed by atoms with Gasteiger partial charge in [-0.25, -0.2) is 0 Å². The SMILES string of the molecule is CNC(=O)[C@@H]1CN(C(=O)C[C@](C)(O)C(F)(F)F)c2ccccc2O1. The molecule has 2 rings (SSSR count). The predicted octanol–water partition coefficient (Wildman–Crippen LogP) is 1.23. The number of likely N-dealkylation sites (N-methyl/N-ethyl adjacent to an activating group) is 1. The van der Waals surface area contributed by atoms with Crippen molar-refractivity contribution in [3.8, 4) is 5.75 Å². The Morgan fingerprint density at radius 3 is 2.58 bits per heavy atom. The van der Waals surface area contributed by atoms with Crippen LogP contribution in [0.25, 0.3) is 0 Å². The molecule has 0 saturated heterocycles. The van der Waals surface area contributed by atoms with Crippen LogP contribution >= 0.6 is 0 Å². The zero-order valence-corrected chi connectivity index (χ0v) is 13.1. The van der Waals surface area contributed by atoms with Crippen molar-refractivity contribution < 1.29 is 32.6 Å². The van der Waals surface area contributed by atoms with Crippen molar-refractivity contribution in [1.29, 1.82) is 0 Å². The number of hydrogen-bond donors (Lipinski definition) is 2. The number of benzene rings is 1. The number of rotatable bonds is 3. The van der Waals surface area contributed by atoms with Crippen LogP contribution in [0.15, 0.2) is 24.3 Å². The second kappa shape index (κ2) is 6.31. The summed E-state index contributed by atoms with van der Waals surface area (Å²) in [5.74, 6) is -1.26. The van der Waals surface area contributed by atoms with Crippen molar-refractivity contribution in [3.05, 3.63) is 24.3 Å². The van der Waals surface area contributed by atoms with Crippen molar-refractivity contribution in [2.75, 3.05) is 18.5 Å². The number of anilines is 1. The number of amides is 2. The summed E-state index contributed by atoms with van der Waals surface area (Å²) in [4.78, 5) is 25.2. The molecule has 0 spiro atoms. The van der Waals surface area contributed by atoms with E-state index < -0.39 is 36.1 Å². The van der Waals surface area contributed by atoms with Gasteiger partial charge in [0.15, 0.2) is 11.7 Å². The maximum absolute atomic E-state index is 12.8. The van der Waals surface area contributed by atoms with Gasteiger partial charge in [0.25, 0.3) is 5.91 Å². The normalized spacial score (nSPS) is 19.8. The summed E-state index contributed by atoms with van der Waals surface area (Å²) in [6.07, 6.45) is -7.16. The lowest BCUT2D eigenvalue weighted by Gasteiger charge is -2.35. The van der Waals surface area contributed by atoms with E-state index in [9.17, 15) is 27.9 Å². The van der Waals surface area contributed by atoms with Crippen LogP contribution in [0, 0.1) is 0 Å². The standard InChI is InChI=1S/C15H17F3N2O4/c1-14(23,15(16,17)18)7-12(21)20-8-11(13(22)19-2)24-10-6-4-3-5-9(10)20/h3-6,11,23H,7-8H2,1-2H3,(H,19,22)/t11-,14-/m0/s1. The Kier molecular flexibility index (Phi) is 4.75. The molecule has 6 nitrogen and oxygen atoms in total. The lowest BCUT2D eigenvalue weighted by molar-refractivity contribution is -0.253. The Morgan fingerprint density at radius 1 is 1.38 bits per heavy atom. The Hall–Kier alpha value is -2.29. The minimum absolute atomic E-state index is 0.206. The van der Waals surface area contributed by atoms with E-state index in [0.717, 1.165) is 4.90 Å². The number of fused-ring (bicyclic) bond motifs is 1. The third kappa shape index (κ3) is 3.45. The number of ether oxygens (including phenoxy) is 1. The molecule has 0 bridgehead atoms. The minimum atomic E-state index is -4.95. The maximum Gasteiger partial charge on any atom is 0.417 e. The maximum atomic E-state index is 12.8. The second-order valence-electron chi connectivity index (χ2n) is 5.64. The summed E-state index contributed by atoms with van der Waals surface area (Å²) in [5.41, 5.74) is -2.92. The van der Waals surface area contributed by atoms with Gasteiger partial charge in [0.2, 0.25) is 5.91 Å². The van der Waals surface area contributed by atoms with Gasteiger partial charge in [-0.3, -0.25) is 9.59 Å². The van der Waals surface area contributed by atoms with Crippen molar-refractivity contribution in [1.82, 2.24) is 5.32 Å². The number of aliphatic hydroxyl groups is 1. The first-order chi connectivity index (χ1) is 11.1. The molecule has 0 aliphatic carbocycles. The largest absolute Gasteiger partial charge is 0.477 e. The van der Waals surface area contributed by atoms with Gasteiger partial charge in [-0.2, -0.15) is 13.2 Å². The van der Waals surface area contributed by atoms with Crippen LogP contribution in [0.5, 0.6) is 5.75 Å². The Morgan fingerprint density at radius 2 is 2.00 bits per heavy atom. The molecule has 1 aromatic carbocycles. The number of carbonyl (C=O) groups excluding carboxylic acids is 2. The average Bonchev–Trinajstić information content (AvgIpc) is 2.51. The van der Waals surface area contributed by atoms with E-state index in [1.807, 2.05) is 0 Å². The van der Waals surface area contributed by atoms with E-state index in [0.29, 0.717) is 6.92 Å². The molecule has 0 radical (unpaired) electrons. The fourth-order valence-corrected chi connectivity index (χ4v) is 2.26. The van der Waals surface area contributed by atoms with Crippen LogP contribution < -0.4 is 15.0 Å². The van der Waals surface area contributed by atoms with Gasteiger partial charge in [0, 0.05) is 7.05 Å². The molecule has 1 aliphatic heterocycles. The molecular formula is C15H17F3N2O4. The van der Waals surface area contributed by atoms with E-state index in [1.165, 1.54) is 19.2 Å². The van der Waals surface area contributed by atoms with Crippen molar-refractivity contribution in [3.63, 3.8) is 0 Å². The lowest BCUT2D eigenvalue weighted by Crippen LogP contribution is -2.53. The van der Waals surface area contributed by atoms with E-state index in [-0.39, 0.29) is 18.0 Å². The van der Waals surface area contributed by atoms with Gasteiger partial charge in [-0.15, -0.1) is 0 Å². The number of nitrogens with one attached hydrogen (secondary N) is 1. The van der Waals surface area contributed by atoms with E-state index in [2.05, 4.69) is 5.32 Å². The Balaban J connectivity index is 2.30. The monoisotopic (exact) mass is 346 g/mol. The van der Waals surface area contributed by atoms with Crippen LogP contribution in [0.2, 0.25) is 0 Å². The highest BCUT2D eigenvalue weighted by molar-refractivity contribution is 5.97. The third-order valence-electron chi connectivity index (χ3n) is 3.72. The summed E-state index contributed by atoms with van der Waals surface area (Å²) >= 11 is 0. The van der Waals surface area contributed by atoms with Crippen molar-refractivity contribution >= 4 is 17.5 Å². The van der Waals surface area contributed by atoms with Gasteiger partial charge in [0.1, 0.15) is 5.75 Å². The summed E-state index contributed by atoms with van der Waals surface area (Å²) in [7, 11) is 1.38. The van der Waals surface area contributed by atoms with E-state index >= 15 is 0 Å². The van der Waals surface area contributed by atoms with Crippen LogP contribution in [0.3, 0.4) is 0 Å². The second-order valence-corrected chi connectivity index (χ2v) is 5.64. The highest BCUT2D eigenvalue weighted by atomic mass is 19.4. The summed E-state index contributed by atoms with van der Waals surface area (Å²) in [6.45, 7) is 0.289. The van der Waals surface area contributed by atoms with Crippen LogP contribution in [-0.4, -0.2) is 48.4 Å². The fourth-order valence-electron chi connectivity index (χ4n) is 2.26. The molecule has 132 valence electrons. The molecule has 24 heavy (non-hydrogen) atoms. The number of para-hydroxylation sites is 2. The fraction of sp³-hybridized carbons (Fsp3) is 0.467. The first-order valence-corrected chi connectivity index (χ1v) is 7.13. The van der Waals surface area contributed by atoms with Crippen molar-refractivity contribution in [2.45, 2.75) is 31.2 Å². The molecule has 2 N–H and O–H groups in total. The van der Waals surface area contributed by atoms with Gasteiger partial charge < -0.3 is 20.1 Å². The van der Waals surface area contributed by atoms with Gasteiger partial charge >= 0.3 is 6.18 Å². The lowest BCUT2D eigenvalue weighted by atomic mass is 10.00. The van der Waals surface area contributed by atoms with Crippen LogP contribution in [0.1, 0.15) is 13.3 Å². The minimum Gasteiger partial charge on any atom is -0.477 e. The molecule has 0 saturated carbocycles. The molecule has 0 fully saturated rings. The zero-order chi connectivity index (χ0) is 18.1. The highest BCUT2D eigenvalue weighted by Crippen LogP contribution is 2.37. The molecular weight excluding hydrogens is 329 g/mol. The van der Waals surface area contributed by atoms with Crippen molar-refractivity contribution in [2.24, 2.45) is 0 Å². The highest BCUT2D eigenvalue weighted by Gasteiger charge is 2.52. The zero-order valence-electron chi connectivity index (χ0n) is 13.1. The first-order valence-electron chi connectivity index (χ1n) is 7.13. The number of nitrogens with zero attached hydrogens (tertiary/aromatic N) is 1. The molecule has 0 unspecified atom stereocenters. The van der Waals surface area contributed by atoms with E-state index in [4.69, 9.17) is 4.74 Å². The molecule has 0 aromatic heterocycles. The topological polar surface area (TPSA) is 78.9 Å².